The van der Waals surface area contributed by atoms with Gasteiger partial charge in [0.25, 0.3) is 0 Å². The third kappa shape index (κ3) is 2.57. The Balaban J connectivity index is 1.71. The van der Waals surface area contributed by atoms with Gasteiger partial charge in [-0.1, -0.05) is 12.1 Å². The maximum atomic E-state index is 11.8. The Kier molecular flexibility index (Phi) is 3.51. The number of carbonyl (C=O) groups is 1. The van der Waals surface area contributed by atoms with Crippen molar-refractivity contribution in [3.05, 3.63) is 12.4 Å². The molecule has 2 heterocycles. The van der Waals surface area contributed by atoms with Gasteiger partial charge >= 0.3 is 0 Å². The van der Waals surface area contributed by atoms with Crippen LogP contribution in [0, 0.1) is 11.8 Å². The van der Waals surface area contributed by atoms with E-state index >= 15 is 0 Å². The summed E-state index contributed by atoms with van der Waals surface area (Å²) in [6.45, 7) is 5.09. The van der Waals surface area contributed by atoms with Crippen LogP contribution in [0.5, 0.6) is 0 Å². The first-order valence-corrected chi connectivity index (χ1v) is 5.60. The normalized spacial score (nSPS) is 24.6. The van der Waals surface area contributed by atoms with Crippen LogP contribution in [-0.4, -0.2) is 40.5 Å². The Bertz CT molecular complexity index is 337. The molecule has 0 saturated carbocycles. The quantitative estimate of drug-likeness (QED) is 0.704. The smallest absolute Gasteiger partial charge is 0.224 e. The molecule has 16 heavy (non-hydrogen) atoms. The van der Waals surface area contributed by atoms with Gasteiger partial charge < -0.3 is 10.6 Å². The van der Waals surface area contributed by atoms with Crippen molar-refractivity contribution in [1.82, 2.24) is 25.6 Å². The largest absolute Gasteiger partial charge is 0.354 e. The number of carbonyl (C=O) groups excluding carboxylic acids is 1. The number of aromatic nitrogens is 3. The van der Waals surface area contributed by atoms with Crippen LogP contribution < -0.4 is 10.6 Å². The molecule has 1 aromatic heterocycles. The fourth-order valence-electron chi connectivity index (χ4n) is 1.94. The molecule has 0 aromatic carbocycles. The maximum absolute atomic E-state index is 11.8. The summed E-state index contributed by atoms with van der Waals surface area (Å²) in [5.41, 5.74) is 0. The molecule has 2 unspecified atom stereocenters. The fraction of sp³-hybridized carbons (Fsp3) is 0.700. The highest BCUT2D eigenvalue weighted by molar-refractivity contribution is 5.79. The average Bonchev–Trinajstić information content (AvgIpc) is 2.88. The topological polar surface area (TPSA) is 71.8 Å². The summed E-state index contributed by atoms with van der Waals surface area (Å²) < 4.78 is 1.70. The minimum atomic E-state index is 0.107. The first-order chi connectivity index (χ1) is 7.77. The van der Waals surface area contributed by atoms with Gasteiger partial charge in [0.2, 0.25) is 5.91 Å². The van der Waals surface area contributed by atoms with Crippen LogP contribution in [0.15, 0.2) is 12.4 Å². The number of nitrogens with one attached hydrogen (secondary N) is 2. The van der Waals surface area contributed by atoms with Gasteiger partial charge in [-0.2, -0.15) is 0 Å². The standard InChI is InChI=1S/C10H17N5O/c1-8-6-11-7-9(8)10(16)12-2-4-15-5-3-13-14-15/h3,5,8-9,11H,2,4,6-7H2,1H3,(H,12,16). The number of amides is 1. The zero-order valence-electron chi connectivity index (χ0n) is 9.39. The average molecular weight is 223 g/mol. The molecule has 1 amide bonds. The van der Waals surface area contributed by atoms with E-state index in [0.717, 1.165) is 13.1 Å². The molecule has 6 nitrogen and oxygen atoms in total. The van der Waals surface area contributed by atoms with Crippen LogP contribution in [0.4, 0.5) is 0 Å². The molecule has 1 aliphatic heterocycles. The molecule has 0 radical (unpaired) electrons. The van der Waals surface area contributed by atoms with Crippen molar-refractivity contribution in [1.29, 1.82) is 0 Å². The highest BCUT2D eigenvalue weighted by Crippen LogP contribution is 2.15. The van der Waals surface area contributed by atoms with Crippen molar-refractivity contribution in [3.8, 4) is 0 Å². The van der Waals surface area contributed by atoms with Gasteiger partial charge in [0, 0.05) is 19.3 Å². The van der Waals surface area contributed by atoms with Crippen molar-refractivity contribution in [2.24, 2.45) is 11.8 Å². The first-order valence-electron chi connectivity index (χ1n) is 5.60. The lowest BCUT2D eigenvalue weighted by Gasteiger charge is -2.13. The summed E-state index contributed by atoms with van der Waals surface area (Å²) in [7, 11) is 0. The van der Waals surface area contributed by atoms with Gasteiger partial charge in [-0.25, -0.2) is 0 Å². The van der Waals surface area contributed by atoms with Crippen LogP contribution in [-0.2, 0) is 11.3 Å². The molecule has 1 aliphatic rings. The minimum absolute atomic E-state index is 0.107. The van der Waals surface area contributed by atoms with Crippen LogP contribution in [0.2, 0.25) is 0 Å². The van der Waals surface area contributed by atoms with Crippen LogP contribution in [0.3, 0.4) is 0 Å². The molecule has 1 aromatic rings. The van der Waals surface area contributed by atoms with E-state index in [9.17, 15) is 4.79 Å². The van der Waals surface area contributed by atoms with Crippen LogP contribution >= 0.6 is 0 Å². The number of hydrogen-bond acceptors (Lipinski definition) is 4. The van der Waals surface area contributed by atoms with Crippen molar-refractivity contribution in [3.63, 3.8) is 0 Å². The lowest BCUT2D eigenvalue weighted by atomic mass is 9.97. The fourth-order valence-corrected chi connectivity index (χ4v) is 1.94. The molecule has 2 rings (SSSR count). The lowest BCUT2D eigenvalue weighted by Crippen LogP contribution is -2.36. The monoisotopic (exact) mass is 223 g/mol. The maximum Gasteiger partial charge on any atom is 0.224 e. The van der Waals surface area contributed by atoms with Crippen molar-refractivity contribution in [2.75, 3.05) is 19.6 Å². The Morgan fingerprint density at radius 1 is 1.62 bits per heavy atom. The van der Waals surface area contributed by atoms with Crippen LogP contribution in [0.25, 0.3) is 0 Å². The van der Waals surface area contributed by atoms with E-state index in [-0.39, 0.29) is 11.8 Å². The second-order valence-corrected chi connectivity index (χ2v) is 4.20. The lowest BCUT2D eigenvalue weighted by molar-refractivity contribution is -0.125. The highest BCUT2D eigenvalue weighted by atomic mass is 16.1. The second kappa shape index (κ2) is 5.07. The van der Waals surface area contributed by atoms with Gasteiger partial charge in [0.05, 0.1) is 18.7 Å². The van der Waals surface area contributed by atoms with E-state index in [2.05, 4.69) is 27.9 Å². The number of nitrogens with zero attached hydrogens (tertiary/aromatic N) is 3. The molecule has 2 N–H and O–H groups in total. The molecule has 6 heteroatoms. The molecular formula is C10H17N5O. The van der Waals surface area contributed by atoms with Gasteiger partial charge in [-0.05, 0) is 12.5 Å². The molecule has 1 fully saturated rings. The highest BCUT2D eigenvalue weighted by Gasteiger charge is 2.28. The predicted molar refractivity (Wildman–Crippen MR) is 58.6 cm³/mol. The Morgan fingerprint density at radius 3 is 3.12 bits per heavy atom. The SMILES string of the molecule is CC1CNCC1C(=O)NCCn1ccnn1. The predicted octanol–water partition coefficient (Wildman–Crippen LogP) is -0.750. The summed E-state index contributed by atoms with van der Waals surface area (Å²) in [6, 6.07) is 0. The Morgan fingerprint density at radius 2 is 2.50 bits per heavy atom. The van der Waals surface area contributed by atoms with E-state index in [1.165, 1.54) is 0 Å². The van der Waals surface area contributed by atoms with E-state index in [0.29, 0.717) is 19.0 Å². The molecule has 0 bridgehead atoms. The molecule has 2 atom stereocenters. The third-order valence-corrected chi connectivity index (χ3v) is 2.97. The summed E-state index contributed by atoms with van der Waals surface area (Å²) in [5, 5.41) is 13.7. The van der Waals surface area contributed by atoms with E-state index in [1.54, 1.807) is 17.1 Å². The molecule has 0 aliphatic carbocycles. The van der Waals surface area contributed by atoms with E-state index < -0.39 is 0 Å². The van der Waals surface area contributed by atoms with Gasteiger partial charge in [-0.15, -0.1) is 5.10 Å². The van der Waals surface area contributed by atoms with Crippen molar-refractivity contribution >= 4 is 5.91 Å². The van der Waals surface area contributed by atoms with Gasteiger partial charge in [0.1, 0.15) is 0 Å². The van der Waals surface area contributed by atoms with E-state index in [4.69, 9.17) is 0 Å². The summed E-state index contributed by atoms with van der Waals surface area (Å²) in [5.74, 6) is 0.666. The van der Waals surface area contributed by atoms with Crippen LogP contribution in [0.1, 0.15) is 6.92 Å². The minimum Gasteiger partial charge on any atom is -0.354 e. The number of rotatable bonds is 4. The second-order valence-electron chi connectivity index (χ2n) is 4.20. The molecule has 1 saturated heterocycles. The summed E-state index contributed by atoms with van der Waals surface area (Å²) in [4.78, 5) is 11.8. The molecule has 0 spiro atoms. The zero-order chi connectivity index (χ0) is 11.4. The summed E-state index contributed by atoms with van der Waals surface area (Å²) >= 11 is 0. The Labute approximate surface area is 94.4 Å². The zero-order valence-corrected chi connectivity index (χ0v) is 9.39. The summed E-state index contributed by atoms with van der Waals surface area (Å²) in [6.07, 6.45) is 3.41. The first kappa shape index (κ1) is 11.1. The van der Waals surface area contributed by atoms with Gasteiger partial charge in [0.15, 0.2) is 0 Å². The molecule has 88 valence electrons. The number of hydrogen-bond donors (Lipinski definition) is 2. The Hall–Kier alpha value is -1.43. The third-order valence-electron chi connectivity index (χ3n) is 2.97. The molecular weight excluding hydrogens is 206 g/mol. The van der Waals surface area contributed by atoms with Crippen molar-refractivity contribution in [2.45, 2.75) is 13.5 Å². The van der Waals surface area contributed by atoms with E-state index in [1.807, 2.05) is 0 Å². The van der Waals surface area contributed by atoms with Crippen molar-refractivity contribution < 1.29 is 4.79 Å². The van der Waals surface area contributed by atoms with Gasteiger partial charge in [-0.3, -0.25) is 9.48 Å².